The van der Waals surface area contributed by atoms with Crippen molar-refractivity contribution in [3.05, 3.63) is 36.3 Å². The molecule has 2 amide bonds. The summed E-state index contributed by atoms with van der Waals surface area (Å²) in [4.78, 5) is 26.4. The third-order valence-corrected chi connectivity index (χ3v) is 4.56. The molecule has 1 saturated heterocycles. The van der Waals surface area contributed by atoms with Gasteiger partial charge in [0.15, 0.2) is 0 Å². The Morgan fingerprint density at radius 1 is 1.24 bits per heavy atom. The summed E-state index contributed by atoms with van der Waals surface area (Å²) in [6, 6.07) is 3.82. The minimum absolute atomic E-state index is 0.140. The fraction of sp³-hybridized carbons (Fsp3) is 0.500. The van der Waals surface area contributed by atoms with E-state index in [1.165, 1.54) is 0 Å². The lowest BCUT2D eigenvalue weighted by Crippen LogP contribution is -2.34. The second-order valence-corrected chi connectivity index (χ2v) is 6.40. The van der Waals surface area contributed by atoms with E-state index >= 15 is 0 Å². The smallest absolute Gasteiger partial charge is 0.256 e. The molecule has 0 bridgehead atoms. The molecule has 1 fully saturated rings. The predicted octanol–water partition coefficient (Wildman–Crippen LogP) is 1.73. The van der Waals surface area contributed by atoms with E-state index in [9.17, 15) is 9.59 Å². The Morgan fingerprint density at radius 2 is 2.04 bits per heavy atom. The molecular formula is C18H25N5O2. The van der Waals surface area contributed by atoms with Gasteiger partial charge < -0.3 is 14.8 Å². The van der Waals surface area contributed by atoms with Crippen LogP contribution in [0.15, 0.2) is 30.7 Å². The van der Waals surface area contributed by atoms with Crippen molar-refractivity contribution in [2.45, 2.75) is 32.1 Å². The van der Waals surface area contributed by atoms with Gasteiger partial charge in [-0.25, -0.2) is 0 Å². The molecule has 0 aromatic carbocycles. The average molecular weight is 343 g/mol. The number of hydrogen-bond donors (Lipinski definition) is 1. The number of aromatic nitrogens is 3. The molecule has 134 valence electrons. The van der Waals surface area contributed by atoms with Gasteiger partial charge in [0, 0.05) is 45.5 Å². The Labute approximate surface area is 147 Å². The molecule has 1 N–H and O–H groups in total. The Balaban J connectivity index is 1.53. The first-order valence-corrected chi connectivity index (χ1v) is 8.88. The van der Waals surface area contributed by atoms with Gasteiger partial charge in [-0.05, 0) is 31.4 Å². The summed E-state index contributed by atoms with van der Waals surface area (Å²) in [7, 11) is 1.82. The maximum absolute atomic E-state index is 12.5. The first kappa shape index (κ1) is 17.3. The zero-order chi connectivity index (χ0) is 17.6. The van der Waals surface area contributed by atoms with Gasteiger partial charge in [0.05, 0.1) is 6.20 Å². The molecule has 0 radical (unpaired) electrons. The standard InChI is InChI=1S/C18H25N5O2/c1-21-18(23-11-5-6-12-23)15(14-20-21)17(25)19-9-7-13-22-10-4-2-3-8-16(22)24/h5-6,11-12,14H,2-4,7-10,13H2,1H3,(H,19,25). The molecule has 7 nitrogen and oxygen atoms in total. The molecule has 7 heteroatoms. The Kier molecular flexibility index (Phi) is 5.53. The number of carbonyl (C=O) groups excluding carboxylic acids is 2. The molecule has 3 rings (SSSR count). The highest BCUT2D eigenvalue weighted by Gasteiger charge is 2.18. The average Bonchev–Trinajstić information content (AvgIpc) is 3.20. The normalized spacial score (nSPS) is 15.2. The van der Waals surface area contributed by atoms with Crippen molar-refractivity contribution < 1.29 is 9.59 Å². The lowest BCUT2D eigenvalue weighted by atomic mass is 10.2. The highest BCUT2D eigenvalue weighted by Crippen LogP contribution is 2.14. The third-order valence-electron chi connectivity index (χ3n) is 4.56. The molecule has 1 aliphatic rings. The van der Waals surface area contributed by atoms with Crippen molar-refractivity contribution in [1.82, 2.24) is 24.6 Å². The van der Waals surface area contributed by atoms with E-state index < -0.39 is 0 Å². The number of hydrogen-bond acceptors (Lipinski definition) is 3. The largest absolute Gasteiger partial charge is 0.352 e. The number of nitrogens with one attached hydrogen (secondary N) is 1. The monoisotopic (exact) mass is 343 g/mol. The lowest BCUT2D eigenvalue weighted by molar-refractivity contribution is -0.130. The molecule has 25 heavy (non-hydrogen) atoms. The number of likely N-dealkylation sites (tertiary alicyclic amines) is 1. The quantitative estimate of drug-likeness (QED) is 0.812. The van der Waals surface area contributed by atoms with Gasteiger partial charge in [-0.2, -0.15) is 5.10 Å². The molecule has 0 atom stereocenters. The first-order valence-electron chi connectivity index (χ1n) is 8.88. The van der Waals surface area contributed by atoms with Gasteiger partial charge in [0.25, 0.3) is 5.91 Å². The van der Waals surface area contributed by atoms with E-state index in [-0.39, 0.29) is 11.8 Å². The van der Waals surface area contributed by atoms with Crippen LogP contribution in [0.1, 0.15) is 42.5 Å². The molecule has 3 heterocycles. The zero-order valence-corrected chi connectivity index (χ0v) is 14.6. The SMILES string of the molecule is Cn1ncc(C(=O)NCCCN2CCCCCC2=O)c1-n1cccc1. The number of carbonyl (C=O) groups is 2. The van der Waals surface area contributed by atoms with Crippen LogP contribution in [0, 0.1) is 0 Å². The van der Waals surface area contributed by atoms with Crippen LogP contribution < -0.4 is 5.32 Å². The summed E-state index contributed by atoms with van der Waals surface area (Å²) in [5.41, 5.74) is 0.546. The number of nitrogens with zero attached hydrogens (tertiary/aromatic N) is 4. The van der Waals surface area contributed by atoms with Crippen molar-refractivity contribution in [2.75, 3.05) is 19.6 Å². The van der Waals surface area contributed by atoms with Crippen LogP contribution in [0.25, 0.3) is 5.82 Å². The molecule has 0 saturated carbocycles. The fourth-order valence-corrected chi connectivity index (χ4v) is 3.22. The number of rotatable bonds is 6. The molecule has 0 aliphatic carbocycles. The third kappa shape index (κ3) is 4.10. The maximum atomic E-state index is 12.5. The van der Waals surface area contributed by atoms with Gasteiger partial charge in [0.2, 0.25) is 5.91 Å². The second-order valence-electron chi connectivity index (χ2n) is 6.40. The molecule has 0 spiro atoms. The summed E-state index contributed by atoms with van der Waals surface area (Å²) in [6.45, 7) is 2.09. The molecule has 1 aliphatic heterocycles. The zero-order valence-electron chi connectivity index (χ0n) is 14.6. The molecule has 2 aromatic heterocycles. The topological polar surface area (TPSA) is 72.2 Å². The fourth-order valence-electron chi connectivity index (χ4n) is 3.22. The van der Waals surface area contributed by atoms with Gasteiger partial charge in [-0.15, -0.1) is 0 Å². The van der Waals surface area contributed by atoms with Crippen LogP contribution >= 0.6 is 0 Å². The predicted molar refractivity (Wildman–Crippen MR) is 94.5 cm³/mol. The van der Waals surface area contributed by atoms with E-state index in [0.717, 1.165) is 38.0 Å². The van der Waals surface area contributed by atoms with Gasteiger partial charge >= 0.3 is 0 Å². The van der Waals surface area contributed by atoms with Crippen LogP contribution in [-0.2, 0) is 11.8 Å². The molecule has 2 aromatic rings. The van der Waals surface area contributed by atoms with Crippen molar-refractivity contribution in [1.29, 1.82) is 0 Å². The van der Waals surface area contributed by atoms with E-state index in [0.29, 0.717) is 25.1 Å². The van der Waals surface area contributed by atoms with Crippen molar-refractivity contribution in [3.63, 3.8) is 0 Å². The minimum atomic E-state index is -0.140. The van der Waals surface area contributed by atoms with Gasteiger partial charge in [-0.1, -0.05) is 6.42 Å². The van der Waals surface area contributed by atoms with E-state index in [1.807, 2.05) is 41.0 Å². The van der Waals surface area contributed by atoms with Crippen LogP contribution in [0.2, 0.25) is 0 Å². The highest BCUT2D eigenvalue weighted by atomic mass is 16.2. The Bertz CT molecular complexity index is 720. The summed E-state index contributed by atoms with van der Waals surface area (Å²) >= 11 is 0. The Morgan fingerprint density at radius 3 is 2.84 bits per heavy atom. The van der Waals surface area contributed by atoms with Crippen LogP contribution in [-0.4, -0.2) is 50.7 Å². The summed E-state index contributed by atoms with van der Waals surface area (Å²) in [5.74, 6) is 0.843. The summed E-state index contributed by atoms with van der Waals surface area (Å²) in [5, 5.41) is 7.14. The van der Waals surface area contributed by atoms with Crippen molar-refractivity contribution in [2.24, 2.45) is 7.05 Å². The van der Waals surface area contributed by atoms with E-state index in [2.05, 4.69) is 10.4 Å². The van der Waals surface area contributed by atoms with Crippen LogP contribution in [0.3, 0.4) is 0 Å². The summed E-state index contributed by atoms with van der Waals surface area (Å²) < 4.78 is 3.56. The first-order chi connectivity index (χ1) is 12.2. The number of aryl methyl sites for hydroxylation is 1. The van der Waals surface area contributed by atoms with Crippen molar-refractivity contribution >= 4 is 11.8 Å². The van der Waals surface area contributed by atoms with E-state index in [4.69, 9.17) is 0 Å². The minimum Gasteiger partial charge on any atom is -0.352 e. The Hall–Kier alpha value is -2.57. The van der Waals surface area contributed by atoms with Gasteiger partial charge in [-0.3, -0.25) is 14.3 Å². The molecule has 0 unspecified atom stereocenters. The van der Waals surface area contributed by atoms with Crippen LogP contribution in [0.5, 0.6) is 0 Å². The summed E-state index contributed by atoms with van der Waals surface area (Å²) in [6.07, 6.45) is 9.98. The maximum Gasteiger partial charge on any atom is 0.256 e. The second kappa shape index (κ2) is 8.00. The van der Waals surface area contributed by atoms with Crippen LogP contribution in [0.4, 0.5) is 0 Å². The van der Waals surface area contributed by atoms with E-state index in [1.54, 1.807) is 10.9 Å². The van der Waals surface area contributed by atoms with Gasteiger partial charge in [0.1, 0.15) is 11.4 Å². The van der Waals surface area contributed by atoms with Crippen molar-refractivity contribution in [3.8, 4) is 5.82 Å². The number of amides is 2. The molecular weight excluding hydrogens is 318 g/mol. The highest BCUT2D eigenvalue weighted by molar-refractivity contribution is 5.97. The lowest BCUT2D eigenvalue weighted by Gasteiger charge is -2.20.